The third-order valence-electron chi connectivity index (χ3n) is 3.81. The van der Waals surface area contributed by atoms with Gasteiger partial charge in [-0.1, -0.05) is 19.9 Å². The van der Waals surface area contributed by atoms with Crippen LogP contribution in [0.15, 0.2) is 41.2 Å². The fourth-order valence-corrected chi connectivity index (χ4v) is 2.55. The predicted octanol–water partition coefficient (Wildman–Crippen LogP) is 3.66. The van der Waals surface area contributed by atoms with Crippen LogP contribution >= 0.6 is 0 Å². The van der Waals surface area contributed by atoms with Crippen LogP contribution in [0.5, 0.6) is 5.75 Å². The summed E-state index contributed by atoms with van der Waals surface area (Å²) in [7, 11) is 0. The number of rotatable bonds is 2. The van der Waals surface area contributed by atoms with Crippen molar-refractivity contribution in [2.24, 2.45) is 0 Å². The molecule has 0 saturated heterocycles. The zero-order valence-electron chi connectivity index (χ0n) is 13.2. The highest BCUT2D eigenvalue weighted by Gasteiger charge is 2.16. The van der Waals surface area contributed by atoms with Crippen LogP contribution in [0.3, 0.4) is 0 Å². The van der Waals surface area contributed by atoms with Crippen molar-refractivity contribution in [3.05, 3.63) is 64.0 Å². The zero-order valence-corrected chi connectivity index (χ0v) is 13.2. The first-order valence-corrected chi connectivity index (χ1v) is 7.40. The second kappa shape index (κ2) is 5.50. The minimum Gasteiger partial charge on any atom is -0.508 e. The van der Waals surface area contributed by atoms with Gasteiger partial charge in [0, 0.05) is 12.0 Å². The topological polar surface area (TPSA) is 55.1 Å². The maximum Gasteiger partial charge on any atom is 0.265 e. The number of phenolic OH excluding ortho intramolecular Hbond substituents is 1. The Morgan fingerprint density at radius 1 is 1.17 bits per heavy atom. The van der Waals surface area contributed by atoms with E-state index in [4.69, 9.17) is 0 Å². The van der Waals surface area contributed by atoms with Gasteiger partial charge in [0.1, 0.15) is 17.4 Å². The molecule has 1 heterocycles. The first-order chi connectivity index (χ1) is 10.9. The maximum atomic E-state index is 13.9. The fourth-order valence-electron chi connectivity index (χ4n) is 2.55. The smallest absolute Gasteiger partial charge is 0.265 e. The lowest BCUT2D eigenvalue weighted by Gasteiger charge is -2.16. The SMILES string of the molecule is Cc1ccc(-n2c(C(C)C)nc3cc(O)ccc3c2=O)cc1F. The number of aromatic nitrogens is 2. The summed E-state index contributed by atoms with van der Waals surface area (Å²) < 4.78 is 15.4. The Labute approximate surface area is 132 Å². The number of phenols is 1. The third-order valence-corrected chi connectivity index (χ3v) is 3.81. The van der Waals surface area contributed by atoms with E-state index in [0.29, 0.717) is 28.0 Å². The average Bonchev–Trinajstić information content (AvgIpc) is 2.49. The maximum absolute atomic E-state index is 13.9. The van der Waals surface area contributed by atoms with Crippen LogP contribution in [-0.2, 0) is 0 Å². The van der Waals surface area contributed by atoms with E-state index in [1.165, 1.54) is 28.8 Å². The Kier molecular flexibility index (Phi) is 3.64. The second-order valence-corrected chi connectivity index (χ2v) is 5.90. The molecular weight excluding hydrogens is 295 g/mol. The molecule has 0 fully saturated rings. The van der Waals surface area contributed by atoms with Gasteiger partial charge in [0.2, 0.25) is 0 Å². The Hall–Kier alpha value is -2.69. The number of hydrogen-bond donors (Lipinski definition) is 1. The predicted molar refractivity (Wildman–Crippen MR) is 87.8 cm³/mol. The van der Waals surface area contributed by atoms with Gasteiger partial charge in [-0.25, -0.2) is 9.37 Å². The molecule has 5 heteroatoms. The molecule has 0 spiro atoms. The number of aromatic hydroxyl groups is 1. The molecule has 0 saturated carbocycles. The first-order valence-electron chi connectivity index (χ1n) is 7.40. The van der Waals surface area contributed by atoms with Crippen molar-refractivity contribution in [1.82, 2.24) is 9.55 Å². The zero-order chi connectivity index (χ0) is 16.7. The van der Waals surface area contributed by atoms with Gasteiger partial charge in [0.05, 0.1) is 16.6 Å². The molecule has 118 valence electrons. The highest BCUT2D eigenvalue weighted by molar-refractivity contribution is 5.79. The van der Waals surface area contributed by atoms with Crippen molar-refractivity contribution in [2.45, 2.75) is 26.7 Å². The van der Waals surface area contributed by atoms with Gasteiger partial charge < -0.3 is 5.11 Å². The molecule has 2 aromatic carbocycles. The lowest BCUT2D eigenvalue weighted by atomic mass is 10.1. The van der Waals surface area contributed by atoms with Crippen molar-refractivity contribution in [1.29, 1.82) is 0 Å². The molecule has 1 N–H and O–H groups in total. The van der Waals surface area contributed by atoms with Crippen LogP contribution in [0.4, 0.5) is 4.39 Å². The minimum atomic E-state index is -0.366. The fraction of sp³-hybridized carbons (Fsp3) is 0.222. The minimum absolute atomic E-state index is 0.0428. The summed E-state index contributed by atoms with van der Waals surface area (Å²) in [5.74, 6) is 0.170. The van der Waals surface area contributed by atoms with E-state index in [0.717, 1.165) is 0 Å². The number of fused-ring (bicyclic) bond motifs is 1. The molecule has 23 heavy (non-hydrogen) atoms. The van der Waals surface area contributed by atoms with Crippen molar-refractivity contribution in [3.63, 3.8) is 0 Å². The first kappa shape index (κ1) is 15.2. The highest BCUT2D eigenvalue weighted by atomic mass is 19.1. The van der Waals surface area contributed by atoms with Gasteiger partial charge in [0.15, 0.2) is 0 Å². The quantitative estimate of drug-likeness (QED) is 0.785. The Morgan fingerprint density at radius 2 is 1.91 bits per heavy atom. The Balaban J connectivity index is 2.40. The highest BCUT2D eigenvalue weighted by Crippen LogP contribution is 2.22. The summed E-state index contributed by atoms with van der Waals surface area (Å²) in [4.78, 5) is 17.4. The number of hydrogen-bond acceptors (Lipinski definition) is 3. The summed E-state index contributed by atoms with van der Waals surface area (Å²) in [5, 5.41) is 9.99. The van der Waals surface area contributed by atoms with Crippen molar-refractivity contribution in [2.75, 3.05) is 0 Å². The molecule has 3 rings (SSSR count). The lowest BCUT2D eigenvalue weighted by molar-refractivity contribution is 0.476. The van der Waals surface area contributed by atoms with Crippen LogP contribution in [-0.4, -0.2) is 14.7 Å². The van der Waals surface area contributed by atoms with Crippen molar-refractivity contribution < 1.29 is 9.50 Å². The largest absolute Gasteiger partial charge is 0.508 e. The van der Waals surface area contributed by atoms with Crippen molar-refractivity contribution >= 4 is 10.9 Å². The van der Waals surface area contributed by atoms with Gasteiger partial charge >= 0.3 is 0 Å². The number of nitrogens with zero attached hydrogens (tertiary/aromatic N) is 2. The summed E-state index contributed by atoms with van der Waals surface area (Å²) in [5.41, 5.74) is 1.13. The van der Waals surface area contributed by atoms with Crippen LogP contribution in [0.1, 0.15) is 31.2 Å². The molecule has 0 bridgehead atoms. The van der Waals surface area contributed by atoms with Crippen molar-refractivity contribution in [3.8, 4) is 11.4 Å². The van der Waals surface area contributed by atoms with E-state index < -0.39 is 0 Å². The summed E-state index contributed by atoms with van der Waals surface area (Å²) in [6, 6.07) is 9.13. The molecule has 0 radical (unpaired) electrons. The summed E-state index contributed by atoms with van der Waals surface area (Å²) >= 11 is 0. The summed E-state index contributed by atoms with van der Waals surface area (Å²) in [6.45, 7) is 5.50. The molecule has 0 unspecified atom stereocenters. The Bertz CT molecular complexity index is 961. The van der Waals surface area contributed by atoms with E-state index >= 15 is 0 Å². The van der Waals surface area contributed by atoms with Gasteiger partial charge in [-0.15, -0.1) is 0 Å². The van der Waals surface area contributed by atoms with E-state index in [9.17, 15) is 14.3 Å². The van der Waals surface area contributed by atoms with Gasteiger partial charge in [0.25, 0.3) is 5.56 Å². The van der Waals surface area contributed by atoms with Crippen LogP contribution in [0, 0.1) is 12.7 Å². The average molecular weight is 312 g/mol. The van der Waals surface area contributed by atoms with Gasteiger partial charge in [-0.05, 0) is 36.8 Å². The van der Waals surface area contributed by atoms with Gasteiger partial charge in [-0.2, -0.15) is 0 Å². The van der Waals surface area contributed by atoms with Crippen LogP contribution in [0.25, 0.3) is 16.6 Å². The monoisotopic (exact) mass is 312 g/mol. The molecule has 0 aliphatic rings. The molecule has 0 aliphatic carbocycles. The van der Waals surface area contributed by atoms with E-state index in [2.05, 4.69) is 4.98 Å². The van der Waals surface area contributed by atoms with E-state index in [1.54, 1.807) is 19.1 Å². The van der Waals surface area contributed by atoms with Gasteiger partial charge in [-0.3, -0.25) is 9.36 Å². The number of aryl methyl sites for hydroxylation is 1. The summed E-state index contributed by atoms with van der Waals surface area (Å²) in [6.07, 6.45) is 0. The lowest BCUT2D eigenvalue weighted by Crippen LogP contribution is -2.24. The number of halogens is 1. The van der Waals surface area contributed by atoms with E-state index in [-0.39, 0.29) is 23.0 Å². The van der Waals surface area contributed by atoms with Crippen LogP contribution < -0.4 is 5.56 Å². The molecule has 0 atom stereocenters. The standard InChI is InChI=1S/C18H17FN2O2/c1-10(2)17-20-16-9-13(22)6-7-14(16)18(23)21(17)12-5-4-11(3)15(19)8-12/h4-10,22H,1-3H3. The molecule has 4 nitrogen and oxygen atoms in total. The normalized spacial score (nSPS) is 11.3. The second-order valence-electron chi connectivity index (χ2n) is 5.90. The van der Waals surface area contributed by atoms with E-state index in [1.807, 2.05) is 13.8 Å². The number of benzene rings is 2. The third kappa shape index (κ3) is 2.59. The molecule has 1 aromatic heterocycles. The molecule has 0 amide bonds. The molecule has 3 aromatic rings. The van der Waals surface area contributed by atoms with Crippen LogP contribution in [0.2, 0.25) is 0 Å². The Morgan fingerprint density at radius 3 is 2.57 bits per heavy atom. The molecular formula is C18H17FN2O2. The molecule has 0 aliphatic heterocycles.